The number of allylic oxidation sites excluding steroid dienone is 8. The molecule has 0 spiro atoms. The average molecular weight is 292 g/mol. The summed E-state index contributed by atoms with van der Waals surface area (Å²) in [7, 11) is 0. The maximum absolute atomic E-state index is 3.19. The van der Waals surface area contributed by atoms with Crippen molar-refractivity contribution in [3.8, 4) is 0 Å². The molecule has 0 heterocycles. The van der Waals surface area contributed by atoms with Crippen LogP contribution in [0.3, 0.4) is 0 Å². The van der Waals surface area contributed by atoms with Gasteiger partial charge in [-0.2, -0.15) is 11.6 Å². The van der Waals surface area contributed by atoms with E-state index in [0.717, 1.165) is 12.8 Å². The molecule has 1 heteroatoms. The van der Waals surface area contributed by atoms with Crippen molar-refractivity contribution in [2.45, 2.75) is 40.5 Å². The maximum atomic E-state index is 3.19. The molecule has 16 heavy (non-hydrogen) atoms. The van der Waals surface area contributed by atoms with E-state index in [0.29, 0.717) is 0 Å². The average Bonchev–Trinajstić information content (AvgIpc) is 2.78. The van der Waals surface area contributed by atoms with E-state index in [2.05, 4.69) is 52.0 Å². The summed E-state index contributed by atoms with van der Waals surface area (Å²) in [4.78, 5) is 0. The van der Waals surface area contributed by atoms with Gasteiger partial charge in [-0.15, -0.1) is 12.8 Å². The van der Waals surface area contributed by atoms with Crippen LogP contribution in [0.4, 0.5) is 0 Å². The second-order valence-corrected chi connectivity index (χ2v) is 6.49. The Kier molecular flexibility index (Phi) is 9.73. The molecular weight excluding hydrogens is 271 g/mol. The predicted molar refractivity (Wildman–Crippen MR) is 68.7 cm³/mol. The Hall–Kier alpha value is -0.287. The zero-order valence-electron chi connectivity index (χ0n) is 10.7. The molecule has 0 unspecified atom stereocenters. The summed E-state index contributed by atoms with van der Waals surface area (Å²) in [6.07, 6.45) is 16.4. The fourth-order valence-corrected chi connectivity index (χ4v) is 1.09. The molecular formula is C15H20Zr. The van der Waals surface area contributed by atoms with E-state index in [9.17, 15) is 0 Å². The monoisotopic (exact) mass is 290 g/mol. The van der Waals surface area contributed by atoms with Crippen LogP contribution in [0.2, 0.25) is 0 Å². The van der Waals surface area contributed by atoms with E-state index < -0.39 is 0 Å². The van der Waals surface area contributed by atoms with E-state index in [4.69, 9.17) is 0 Å². The molecule has 0 saturated carbocycles. The largest absolute Gasteiger partial charge is 0.273 e. The van der Waals surface area contributed by atoms with E-state index in [-0.39, 0.29) is 0 Å². The van der Waals surface area contributed by atoms with Crippen LogP contribution in [0.5, 0.6) is 0 Å². The van der Waals surface area contributed by atoms with Crippen LogP contribution in [0.15, 0.2) is 35.5 Å². The summed E-state index contributed by atoms with van der Waals surface area (Å²) < 4.78 is 1.51. The Bertz CT molecular complexity index is 313. The molecule has 0 saturated heterocycles. The van der Waals surface area contributed by atoms with Crippen molar-refractivity contribution in [1.29, 1.82) is 0 Å². The minimum absolute atomic E-state index is 1.01. The summed E-state index contributed by atoms with van der Waals surface area (Å²) in [6.45, 7) is 8.46. The summed E-state index contributed by atoms with van der Waals surface area (Å²) in [5.41, 5.74) is 2.72. The molecule has 0 fully saturated rings. The first-order chi connectivity index (χ1) is 7.52. The Morgan fingerprint density at radius 2 is 1.94 bits per heavy atom. The third-order valence-electron chi connectivity index (χ3n) is 1.69. The van der Waals surface area contributed by atoms with Crippen LogP contribution >= 0.6 is 0 Å². The van der Waals surface area contributed by atoms with Gasteiger partial charge in [-0.05, 0) is 0 Å². The van der Waals surface area contributed by atoms with Crippen LogP contribution < -0.4 is 0 Å². The van der Waals surface area contributed by atoms with Crippen molar-refractivity contribution in [3.05, 3.63) is 47.6 Å². The predicted octanol–water partition coefficient (Wildman–Crippen LogP) is 4.14. The Morgan fingerprint density at radius 3 is 2.06 bits per heavy atom. The van der Waals surface area contributed by atoms with Crippen LogP contribution in [0.1, 0.15) is 40.5 Å². The molecule has 0 atom stereocenters. The first-order valence-electron chi connectivity index (χ1n) is 5.50. The first kappa shape index (κ1) is 15.7. The normalized spacial score (nSPS) is 15.6. The SMILES string of the molecule is CC1=[C-]CC(C)=C1.C[C](C)=[Zr+2].[C-]1=CC=CC1. The van der Waals surface area contributed by atoms with Crippen LogP contribution in [-0.4, -0.2) is 3.21 Å². The standard InChI is InChI=1S/C7H9.C5H5.C3H6.Zr/c1-6-3-4-7(2)5-6;1-2-4-5-3-1;1-3-2;/h5H,3H2,1-2H3;1-3H,4H2;1-2H3;/q2*-1;;+2. The van der Waals surface area contributed by atoms with E-state index >= 15 is 0 Å². The van der Waals surface area contributed by atoms with Gasteiger partial charge in [0.15, 0.2) is 0 Å². The van der Waals surface area contributed by atoms with Crippen molar-refractivity contribution in [1.82, 2.24) is 0 Å². The fourth-order valence-electron chi connectivity index (χ4n) is 1.09. The smallest absolute Gasteiger partial charge is 0.109 e. The zero-order valence-corrected chi connectivity index (χ0v) is 13.2. The summed E-state index contributed by atoms with van der Waals surface area (Å²) in [6, 6.07) is 0. The second-order valence-electron chi connectivity index (χ2n) is 4.03. The van der Waals surface area contributed by atoms with Gasteiger partial charge in [-0.25, -0.2) is 23.8 Å². The quantitative estimate of drug-likeness (QED) is 0.589. The van der Waals surface area contributed by atoms with Crippen LogP contribution in [0, 0.1) is 12.2 Å². The van der Waals surface area contributed by atoms with E-state index in [1.54, 1.807) is 24.2 Å². The molecule has 2 rings (SSSR count). The van der Waals surface area contributed by atoms with Gasteiger partial charge in [0.25, 0.3) is 0 Å². The van der Waals surface area contributed by atoms with Gasteiger partial charge < -0.3 is 0 Å². The third-order valence-corrected chi connectivity index (χ3v) is 1.69. The molecule has 2 aliphatic rings. The summed E-state index contributed by atoms with van der Waals surface area (Å²) >= 11 is 1.55. The minimum Gasteiger partial charge on any atom is -0.273 e. The Labute approximate surface area is 115 Å². The topological polar surface area (TPSA) is 0 Å². The Balaban J connectivity index is 0.000000222. The summed E-state index contributed by atoms with van der Waals surface area (Å²) in [5.74, 6) is 0. The van der Waals surface area contributed by atoms with Gasteiger partial charge in [-0.1, -0.05) is 13.8 Å². The molecule has 0 nitrogen and oxygen atoms in total. The molecule has 0 aliphatic heterocycles. The second kappa shape index (κ2) is 9.91. The third kappa shape index (κ3) is 11.8. The molecule has 2 aliphatic carbocycles. The minimum atomic E-state index is 1.01. The Morgan fingerprint density at radius 1 is 1.31 bits per heavy atom. The fraction of sp³-hybridized carbons (Fsp3) is 0.400. The van der Waals surface area contributed by atoms with Gasteiger partial charge in [-0.3, -0.25) is 12.2 Å². The van der Waals surface area contributed by atoms with E-state index in [1.165, 1.54) is 14.4 Å². The molecule has 84 valence electrons. The van der Waals surface area contributed by atoms with Crippen LogP contribution in [-0.2, 0) is 24.2 Å². The number of hydrogen-bond acceptors (Lipinski definition) is 0. The van der Waals surface area contributed by atoms with Crippen molar-refractivity contribution in [2.24, 2.45) is 0 Å². The molecule has 0 aromatic carbocycles. The molecule has 0 N–H and O–H groups in total. The van der Waals surface area contributed by atoms with Gasteiger partial charge in [0.05, 0.1) is 0 Å². The van der Waals surface area contributed by atoms with Crippen molar-refractivity contribution >= 4 is 3.21 Å². The summed E-state index contributed by atoms with van der Waals surface area (Å²) in [5, 5.41) is 0. The van der Waals surface area contributed by atoms with Crippen LogP contribution in [0.25, 0.3) is 0 Å². The number of rotatable bonds is 0. The van der Waals surface area contributed by atoms with E-state index in [1.807, 2.05) is 12.2 Å². The van der Waals surface area contributed by atoms with Gasteiger partial charge in [0.2, 0.25) is 0 Å². The van der Waals surface area contributed by atoms with Crippen molar-refractivity contribution in [3.63, 3.8) is 0 Å². The van der Waals surface area contributed by atoms with Crippen molar-refractivity contribution in [2.75, 3.05) is 0 Å². The van der Waals surface area contributed by atoms with Gasteiger partial charge in [0, 0.05) is 0 Å². The maximum Gasteiger partial charge on any atom is -0.109 e. The molecule has 0 aromatic rings. The molecule has 0 bridgehead atoms. The zero-order chi connectivity index (χ0) is 12.4. The molecule has 0 amide bonds. The molecule has 0 radical (unpaired) electrons. The first-order valence-corrected chi connectivity index (χ1v) is 6.73. The number of hydrogen-bond donors (Lipinski definition) is 0. The van der Waals surface area contributed by atoms with Gasteiger partial charge in [0.1, 0.15) is 0 Å². The van der Waals surface area contributed by atoms with Crippen molar-refractivity contribution < 1.29 is 24.2 Å². The van der Waals surface area contributed by atoms with Gasteiger partial charge >= 0.3 is 41.3 Å². The molecule has 0 aromatic heterocycles.